The van der Waals surface area contributed by atoms with Gasteiger partial charge in [-0.2, -0.15) is 0 Å². The SMILES string of the molecule is CC(C)[Si](O[C@H](C#C[Si](C)(C)C)C[C@@H](CC=O)O[Si](C)(C)C(C)(C)C)(C(C)C)C(C)C. The van der Waals surface area contributed by atoms with Gasteiger partial charge in [0.2, 0.25) is 8.32 Å². The van der Waals surface area contributed by atoms with Crippen LogP contribution in [-0.4, -0.2) is 43.2 Å². The highest BCUT2D eigenvalue weighted by Crippen LogP contribution is 2.44. The molecule has 0 radical (unpaired) electrons. The fourth-order valence-electron chi connectivity index (χ4n) is 4.22. The van der Waals surface area contributed by atoms with Crippen molar-refractivity contribution in [3.8, 4) is 11.5 Å². The molecule has 182 valence electrons. The van der Waals surface area contributed by atoms with E-state index in [0.717, 1.165) is 6.29 Å². The molecule has 0 heterocycles. The van der Waals surface area contributed by atoms with Gasteiger partial charge in [-0.25, -0.2) is 0 Å². The minimum absolute atomic E-state index is 0.0980. The summed E-state index contributed by atoms with van der Waals surface area (Å²) in [6.07, 6.45) is 1.75. The van der Waals surface area contributed by atoms with Crippen LogP contribution in [0, 0.1) is 11.5 Å². The Morgan fingerprint density at radius 1 is 0.839 bits per heavy atom. The Balaban J connectivity index is 6.16. The smallest absolute Gasteiger partial charge is 0.202 e. The van der Waals surface area contributed by atoms with Crippen LogP contribution in [0.2, 0.25) is 54.4 Å². The third-order valence-electron chi connectivity index (χ3n) is 6.77. The van der Waals surface area contributed by atoms with Crippen molar-refractivity contribution in [2.45, 2.75) is 142 Å². The van der Waals surface area contributed by atoms with Crippen molar-refractivity contribution in [2.24, 2.45) is 0 Å². The third kappa shape index (κ3) is 9.29. The first-order valence-corrected chi connectivity index (χ1v) is 20.7. The standard InChI is InChI=1S/C25H52O3Si3/c1-20(2)31(21(3)4,22(5)6)28-24(16-18-29(10,11)12)19-23(15-17-26)27-30(13,14)25(7,8)9/h17,20-24H,15,19H2,1-14H3/t23-,24-/m1/s1. The summed E-state index contributed by atoms with van der Waals surface area (Å²) in [7, 11) is -5.64. The van der Waals surface area contributed by atoms with Crippen LogP contribution in [0.3, 0.4) is 0 Å². The molecule has 0 aromatic rings. The van der Waals surface area contributed by atoms with Crippen LogP contribution in [0.1, 0.15) is 75.2 Å². The summed E-state index contributed by atoms with van der Waals surface area (Å²) in [4.78, 5) is 11.5. The van der Waals surface area contributed by atoms with Crippen molar-refractivity contribution < 1.29 is 13.6 Å². The lowest BCUT2D eigenvalue weighted by Crippen LogP contribution is -2.51. The number of carbonyl (C=O) groups is 1. The van der Waals surface area contributed by atoms with E-state index in [4.69, 9.17) is 8.85 Å². The number of hydrogen-bond acceptors (Lipinski definition) is 3. The van der Waals surface area contributed by atoms with Crippen molar-refractivity contribution in [3.63, 3.8) is 0 Å². The second-order valence-corrected chi connectivity index (χ2v) is 27.5. The maximum atomic E-state index is 11.5. The summed E-state index contributed by atoms with van der Waals surface area (Å²) in [5.74, 6) is 3.54. The molecule has 0 saturated carbocycles. The van der Waals surface area contributed by atoms with Gasteiger partial charge in [0.25, 0.3) is 0 Å². The second-order valence-electron chi connectivity index (χ2n) is 12.6. The Kier molecular flexibility index (Phi) is 11.7. The van der Waals surface area contributed by atoms with E-state index in [1.165, 1.54) is 0 Å². The molecule has 3 nitrogen and oxygen atoms in total. The van der Waals surface area contributed by atoms with Gasteiger partial charge in [0, 0.05) is 12.8 Å². The van der Waals surface area contributed by atoms with Crippen LogP contribution in [0.15, 0.2) is 0 Å². The zero-order chi connectivity index (χ0) is 24.8. The van der Waals surface area contributed by atoms with Gasteiger partial charge in [-0.15, -0.1) is 5.54 Å². The highest BCUT2D eigenvalue weighted by Gasteiger charge is 2.47. The van der Waals surface area contributed by atoms with Gasteiger partial charge in [-0.1, -0.05) is 87.9 Å². The van der Waals surface area contributed by atoms with Crippen molar-refractivity contribution in [1.82, 2.24) is 0 Å². The van der Waals surface area contributed by atoms with Gasteiger partial charge < -0.3 is 13.6 Å². The highest BCUT2D eigenvalue weighted by atomic mass is 28.4. The molecule has 0 aliphatic rings. The molecular weight excluding hydrogens is 433 g/mol. The summed E-state index contributed by atoms with van der Waals surface area (Å²) in [5.41, 5.74) is 5.04. The van der Waals surface area contributed by atoms with E-state index in [1.807, 2.05) is 0 Å². The average Bonchev–Trinajstić information content (AvgIpc) is 2.54. The first-order chi connectivity index (χ1) is 13.8. The van der Waals surface area contributed by atoms with Crippen molar-refractivity contribution in [3.05, 3.63) is 0 Å². The van der Waals surface area contributed by atoms with Crippen LogP contribution in [-0.2, 0) is 13.6 Å². The summed E-state index contributed by atoms with van der Waals surface area (Å²) in [6, 6.07) is 0. The van der Waals surface area contributed by atoms with E-state index < -0.39 is 24.7 Å². The second kappa shape index (κ2) is 11.8. The van der Waals surface area contributed by atoms with E-state index in [-0.39, 0.29) is 17.2 Å². The Morgan fingerprint density at radius 3 is 1.61 bits per heavy atom. The van der Waals surface area contributed by atoms with Crippen LogP contribution < -0.4 is 0 Å². The summed E-state index contributed by atoms with van der Waals surface area (Å²) in [5, 5.41) is 0.0980. The molecule has 0 fully saturated rings. The van der Waals surface area contributed by atoms with Gasteiger partial charge in [0.15, 0.2) is 8.32 Å². The van der Waals surface area contributed by atoms with Gasteiger partial charge in [-0.3, -0.25) is 0 Å². The first-order valence-electron chi connectivity index (χ1n) is 12.1. The molecule has 0 aromatic heterocycles. The molecule has 0 unspecified atom stereocenters. The first kappa shape index (κ1) is 30.8. The summed E-state index contributed by atoms with van der Waals surface area (Å²) >= 11 is 0. The predicted octanol–water partition coefficient (Wildman–Crippen LogP) is 7.80. The zero-order valence-electron chi connectivity index (χ0n) is 23.1. The fourth-order valence-corrected chi connectivity index (χ4v) is 11.7. The quantitative estimate of drug-likeness (QED) is 0.170. The number of aldehydes is 1. The average molecular weight is 485 g/mol. The molecule has 0 aliphatic heterocycles. The van der Waals surface area contributed by atoms with E-state index in [0.29, 0.717) is 29.5 Å². The molecule has 0 aliphatic carbocycles. The monoisotopic (exact) mass is 484 g/mol. The number of hydrogen-bond donors (Lipinski definition) is 0. The van der Waals surface area contributed by atoms with E-state index in [2.05, 4.69) is 107 Å². The lowest BCUT2D eigenvalue weighted by molar-refractivity contribution is -0.109. The molecule has 0 N–H and O–H groups in total. The zero-order valence-corrected chi connectivity index (χ0v) is 26.1. The van der Waals surface area contributed by atoms with Crippen molar-refractivity contribution in [1.29, 1.82) is 0 Å². The third-order valence-corrected chi connectivity index (χ3v) is 18.3. The van der Waals surface area contributed by atoms with E-state index in [1.54, 1.807) is 0 Å². The molecule has 0 bridgehead atoms. The summed E-state index contributed by atoms with van der Waals surface area (Å²) < 4.78 is 13.8. The molecule has 31 heavy (non-hydrogen) atoms. The van der Waals surface area contributed by atoms with E-state index in [9.17, 15) is 4.79 Å². The molecule has 6 heteroatoms. The minimum atomic E-state index is -2.09. The van der Waals surface area contributed by atoms with Gasteiger partial charge in [0.05, 0.1) is 6.10 Å². The Bertz CT molecular complexity index is 595. The Hall–Kier alpha value is -0.199. The number of carbonyl (C=O) groups excluding carboxylic acids is 1. The van der Waals surface area contributed by atoms with Crippen LogP contribution in [0.25, 0.3) is 0 Å². The normalized spacial score (nSPS) is 15.8. The Morgan fingerprint density at radius 2 is 1.29 bits per heavy atom. The molecule has 0 rings (SSSR count). The number of rotatable bonds is 11. The largest absolute Gasteiger partial charge is 0.413 e. The minimum Gasteiger partial charge on any atom is -0.413 e. The molecule has 0 saturated heterocycles. The molecule has 2 atom stereocenters. The topological polar surface area (TPSA) is 35.5 Å². The molecule has 0 spiro atoms. The molecule has 0 aromatic carbocycles. The molecular formula is C25H52O3Si3. The van der Waals surface area contributed by atoms with Gasteiger partial charge >= 0.3 is 0 Å². The van der Waals surface area contributed by atoms with E-state index >= 15 is 0 Å². The highest BCUT2D eigenvalue weighted by molar-refractivity contribution is 6.84. The van der Waals surface area contributed by atoms with Crippen LogP contribution in [0.5, 0.6) is 0 Å². The Labute approximate surface area is 197 Å². The van der Waals surface area contributed by atoms with Crippen molar-refractivity contribution >= 4 is 31.0 Å². The lowest BCUT2D eigenvalue weighted by Gasteiger charge is -2.45. The fraction of sp³-hybridized carbons (Fsp3) is 0.880. The summed E-state index contributed by atoms with van der Waals surface area (Å²) in [6.45, 7) is 31.9. The maximum absolute atomic E-state index is 11.5. The van der Waals surface area contributed by atoms with Gasteiger partial charge in [0.1, 0.15) is 20.5 Å². The van der Waals surface area contributed by atoms with Crippen LogP contribution in [0.4, 0.5) is 0 Å². The van der Waals surface area contributed by atoms with Crippen molar-refractivity contribution in [2.75, 3.05) is 0 Å². The van der Waals surface area contributed by atoms with Crippen LogP contribution >= 0.6 is 0 Å². The molecule has 0 amide bonds. The van der Waals surface area contributed by atoms with Gasteiger partial charge in [-0.05, 0) is 34.8 Å². The maximum Gasteiger partial charge on any atom is 0.202 e. The lowest BCUT2D eigenvalue weighted by atomic mass is 10.1. The predicted molar refractivity (Wildman–Crippen MR) is 144 cm³/mol.